The van der Waals surface area contributed by atoms with E-state index in [0.29, 0.717) is 12.4 Å². The summed E-state index contributed by atoms with van der Waals surface area (Å²) in [6.07, 6.45) is 1.24. The van der Waals surface area contributed by atoms with E-state index >= 15 is 0 Å². The monoisotopic (exact) mass is 383 g/mol. The molecule has 1 aliphatic rings. The van der Waals surface area contributed by atoms with Crippen LogP contribution in [0.25, 0.3) is 0 Å². The maximum absolute atomic E-state index is 11.9. The Kier molecular flexibility index (Phi) is 4.80. The number of aromatic amines is 1. The van der Waals surface area contributed by atoms with Crippen LogP contribution in [-0.4, -0.2) is 21.4 Å². The minimum absolute atomic E-state index is 0.273. The standard InChI is InChI=1S/C14H14BrN3O3S/c15-10-4-1-3-9(7-10)8-22-13-12(19)16-14(20)18(17-13)11-5-2-6-21-11/h1,3-4,7,11H,2,5-6,8H2,(H,16,19,20)/t11-/m1/s1. The van der Waals surface area contributed by atoms with E-state index in [1.807, 2.05) is 24.3 Å². The summed E-state index contributed by atoms with van der Waals surface area (Å²) in [7, 11) is 0. The molecule has 1 aromatic carbocycles. The molecule has 116 valence electrons. The van der Waals surface area contributed by atoms with Crippen molar-refractivity contribution in [3.8, 4) is 0 Å². The number of aromatic nitrogens is 3. The largest absolute Gasteiger partial charge is 0.356 e. The average molecular weight is 384 g/mol. The predicted molar refractivity (Wildman–Crippen MR) is 87.0 cm³/mol. The van der Waals surface area contributed by atoms with Crippen LogP contribution in [0.15, 0.2) is 43.4 Å². The maximum Gasteiger partial charge on any atom is 0.347 e. The van der Waals surface area contributed by atoms with Crippen LogP contribution >= 0.6 is 27.7 Å². The molecule has 0 bridgehead atoms. The number of hydrogen-bond donors (Lipinski definition) is 1. The average Bonchev–Trinajstić information content (AvgIpc) is 3.00. The molecule has 2 heterocycles. The second kappa shape index (κ2) is 6.80. The van der Waals surface area contributed by atoms with Crippen LogP contribution in [0.2, 0.25) is 0 Å². The molecule has 8 heteroatoms. The minimum atomic E-state index is -0.524. The van der Waals surface area contributed by atoms with Crippen molar-refractivity contribution < 1.29 is 4.74 Å². The van der Waals surface area contributed by atoms with Gasteiger partial charge in [-0.3, -0.25) is 9.78 Å². The number of benzene rings is 1. The van der Waals surface area contributed by atoms with Crippen molar-refractivity contribution >= 4 is 27.7 Å². The zero-order valence-corrected chi connectivity index (χ0v) is 14.0. The first-order valence-corrected chi connectivity index (χ1v) is 8.63. The van der Waals surface area contributed by atoms with Crippen LogP contribution in [0.4, 0.5) is 0 Å². The van der Waals surface area contributed by atoms with Crippen molar-refractivity contribution in [1.29, 1.82) is 0 Å². The van der Waals surface area contributed by atoms with Gasteiger partial charge in [-0.05, 0) is 30.5 Å². The zero-order chi connectivity index (χ0) is 15.5. The predicted octanol–water partition coefficient (Wildman–Crippen LogP) is 2.30. The van der Waals surface area contributed by atoms with Crippen molar-refractivity contribution in [2.45, 2.75) is 29.8 Å². The summed E-state index contributed by atoms with van der Waals surface area (Å²) in [5.41, 5.74) is 0.0818. The summed E-state index contributed by atoms with van der Waals surface area (Å²) in [5, 5.41) is 4.45. The maximum atomic E-state index is 11.9. The van der Waals surface area contributed by atoms with Gasteiger partial charge in [-0.15, -0.1) is 0 Å². The molecule has 3 rings (SSSR count). The van der Waals surface area contributed by atoms with Gasteiger partial charge in [0.1, 0.15) is 0 Å². The molecule has 0 saturated carbocycles. The minimum Gasteiger partial charge on any atom is -0.356 e. The normalized spacial score (nSPS) is 17.8. The van der Waals surface area contributed by atoms with Crippen molar-refractivity contribution in [1.82, 2.24) is 14.8 Å². The molecule has 0 unspecified atom stereocenters. The molecular weight excluding hydrogens is 370 g/mol. The van der Waals surface area contributed by atoms with Crippen LogP contribution in [0.5, 0.6) is 0 Å². The van der Waals surface area contributed by atoms with Gasteiger partial charge < -0.3 is 4.74 Å². The summed E-state index contributed by atoms with van der Waals surface area (Å²) in [5.74, 6) is 0.596. The van der Waals surface area contributed by atoms with E-state index in [9.17, 15) is 9.59 Å². The molecule has 0 aliphatic carbocycles. The molecule has 2 aromatic rings. The van der Waals surface area contributed by atoms with Gasteiger partial charge in [-0.1, -0.05) is 39.8 Å². The first kappa shape index (κ1) is 15.5. The molecule has 0 amide bonds. The Labute approximate surface area is 139 Å². The number of nitrogens with one attached hydrogen (secondary N) is 1. The first-order valence-electron chi connectivity index (χ1n) is 6.85. The molecule has 22 heavy (non-hydrogen) atoms. The molecule has 1 atom stereocenters. The number of thioether (sulfide) groups is 1. The van der Waals surface area contributed by atoms with Gasteiger partial charge in [0.05, 0.1) is 0 Å². The fraction of sp³-hybridized carbons (Fsp3) is 0.357. The van der Waals surface area contributed by atoms with E-state index in [2.05, 4.69) is 26.0 Å². The van der Waals surface area contributed by atoms with Gasteiger partial charge in [0.25, 0.3) is 5.56 Å². The Bertz CT molecular complexity index is 783. The van der Waals surface area contributed by atoms with Crippen LogP contribution in [0.3, 0.4) is 0 Å². The first-order chi connectivity index (χ1) is 10.6. The third kappa shape index (κ3) is 3.50. The lowest BCUT2D eigenvalue weighted by atomic mass is 10.2. The van der Waals surface area contributed by atoms with Crippen LogP contribution < -0.4 is 11.2 Å². The van der Waals surface area contributed by atoms with Gasteiger partial charge in [0, 0.05) is 16.8 Å². The van der Waals surface area contributed by atoms with Crippen molar-refractivity contribution in [3.05, 3.63) is 55.1 Å². The summed E-state index contributed by atoms with van der Waals surface area (Å²) in [6.45, 7) is 0.610. The molecule has 6 nitrogen and oxygen atoms in total. The number of rotatable bonds is 4. The molecular formula is C14H14BrN3O3S. The van der Waals surface area contributed by atoms with Crippen molar-refractivity contribution in [2.75, 3.05) is 6.61 Å². The topological polar surface area (TPSA) is 77.0 Å². The fourth-order valence-corrected chi connectivity index (χ4v) is 3.48. The molecule has 1 saturated heterocycles. The summed E-state index contributed by atoms with van der Waals surface area (Å²) in [4.78, 5) is 26.1. The summed E-state index contributed by atoms with van der Waals surface area (Å²) >= 11 is 4.71. The molecule has 1 fully saturated rings. The Morgan fingerprint density at radius 3 is 3.05 bits per heavy atom. The smallest absolute Gasteiger partial charge is 0.347 e. The number of ether oxygens (including phenoxy) is 1. The highest BCUT2D eigenvalue weighted by molar-refractivity contribution is 9.10. The molecule has 0 radical (unpaired) electrons. The van der Waals surface area contributed by atoms with Crippen molar-refractivity contribution in [2.24, 2.45) is 0 Å². The van der Waals surface area contributed by atoms with Crippen LogP contribution in [-0.2, 0) is 10.5 Å². The second-order valence-corrected chi connectivity index (χ2v) is 6.77. The quantitative estimate of drug-likeness (QED) is 0.819. The third-order valence-electron chi connectivity index (χ3n) is 3.26. The third-order valence-corrected chi connectivity index (χ3v) is 4.78. The van der Waals surface area contributed by atoms with Crippen molar-refractivity contribution in [3.63, 3.8) is 0 Å². The molecule has 1 N–H and O–H groups in total. The van der Waals surface area contributed by atoms with Gasteiger partial charge in [0.2, 0.25) is 0 Å². The van der Waals surface area contributed by atoms with Crippen LogP contribution in [0.1, 0.15) is 24.6 Å². The lowest BCUT2D eigenvalue weighted by Gasteiger charge is -2.11. The number of halogens is 1. The Balaban J connectivity index is 1.82. The highest BCUT2D eigenvalue weighted by Gasteiger charge is 2.21. The van der Waals surface area contributed by atoms with E-state index in [1.54, 1.807) is 0 Å². The molecule has 1 aliphatic heterocycles. The van der Waals surface area contributed by atoms with E-state index < -0.39 is 11.2 Å². The van der Waals surface area contributed by atoms with E-state index in [0.717, 1.165) is 22.9 Å². The van der Waals surface area contributed by atoms with E-state index in [4.69, 9.17) is 4.74 Å². The Morgan fingerprint density at radius 1 is 1.45 bits per heavy atom. The second-order valence-electron chi connectivity index (χ2n) is 4.90. The lowest BCUT2D eigenvalue weighted by molar-refractivity contribution is 0.0395. The fourth-order valence-electron chi connectivity index (χ4n) is 2.22. The van der Waals surface area contributed by atoms with Gasteiger partial charge in [-0.2, -0.15) is 9.78 Å². The van der Waals surface area contributed by atoms with Gasteiger partial charge in [0.15, 0.2) is 11.3 Å². The number of nitrogens with zero attached hydrogens (tertiary/aromatic N) is 2. The lowest BCUT2D eigenvalue weighted by Crippen LogP contribution is -2.35. The summed E-state index contributed by atoms with van der Waals surface area (Å²) < 4.78 is 7.67. The van der Waals surface area contributed by atoms with E-state index in [-0.39, 0.29) is 11.3 Å². The van der Waals surface area contributed by atoms with E-state index in [1.165, 1.54) is 16.4 Å². The van der Waals surface area contributed by atoms with Gasteiger partial charge >= 0.3 is 5.69 Å². The summed E-state index contributed by atoms with van der Waals surface area (Å²) in [6, 6.07) is 7.83. The Hall–Kier alpha value is -1.38. The number of H-pyrrole nitrogens is 1. The molecule has 0 spiro atoms. The van der Waals surface area contributed by atoms with Crippen LogP contribution in [0, 0.1) is 0 Å². The SMILES string of the molecule is O=c1[nH]c(=O)n([C@H]2CCCO2)nc1SCc1cccc(Br)c1. The molecule has 1 aromatic heterocycles. The Morgan fingerprint density at radius 2 is 2.32 bits per heavy atom. The van der Waals surface area contributed by atoms with Gasteiger partial charge in [-0.25, -0.2) is 4.79 Å². The highest BCUT2D eigenvalue weighted by atomic mass is 79.9. The number of hydrogen-bond acceptors (Lipinski definition) is 5. The zero-order valence-electron chi connectivity index (χ0n) is 11.6. The highest BCUT2D eigenvalue weighted by Crippen LogP contribution is 2.22.